The third kappa shape index (κ3) is 4.71. The average molecular weight is 367 g/mol. The molecule has 1 fully saturated rings. The lowest BCUT2D eigenvalue weighted by Gasteiger charge is -2.32. The van der Waals surface area contributed by atoms with Crippen molar-refractivity contribution < 1.29 is 9.72 Å². The van der Waals surface area contributed by atoms with Crippen molar-refractivity contribution in [3.63, 3.8) is 0 Å². The molecule has 0 spiro atoms. The molecule has 3 rings (SSSR count). The van der Waals surface area contributed by atoms with Gasteiger partial charge in [0.05, 0.1) is 22.1 Å². The monoisotopic (exact) mass is 367 g/mol. The van der Waals surface area contributed by atoms with Crippen LogP contribution in [0.1, 0.15) is 29.5 Å². The minimum Gasteiger partial charge on any atom is -0.325 e. The van der Waals surface area contributed by atoms with Gasteiger partial charge in [0.25, 0.3) is 5.69 Å². The number of nitro groups is 1. The van der Waals surface area contributed by atoms with Crippen LogP contribution >= 0.6 is 0 Å². The number of likely N-dealkylation sites (tertiary alicyclic amines) is 1. The Morgan fingerprint density at radius 3 is 2.78 bits per heavy atom. The lowest BCUT2D eigenvalue weighted by molar-refractivity contribution is -0.385. The minimum atomic E-state index is -0.421. The van der Waals surface area contributed by atoms with Crippen LogP contribution in [0, 0.1) is 29.9 Å². The Morgan fingerprint density at radius 1 is 1.26 bits per heavy atom. The molecule has 1 saturated heterocycles. The van der Waals surface area contributed by atoms with E-state index in [-0.39, 0.29) is 17.5 Å². The van der Waals surface area contributed by atoms with Gasteiger partial charge in [0, 0.05) is 19.2 Å². The maximum Gasteiger partial charge on any atom is 0.274 e. The number of benzene rings is 2. The summed E-state index contributed by atoms with van der Waals surface area (Å²) < 4.78 is 0. The second-order valence-electron chi connectivity index (χ2n) is 7.26. The Bertz CT molecular complexity index is 850. The van der Waals surface area contributed by atoms with E-state index in [2.05, 4.69) is 41.4 Å². The molecule has 27 heavy (non-hydrogen) atoms. The maximum absolute atomic E-state index is 12.7. The average Bonchev–Trinajstić information content (AvgIpc) is 2.63. The zero-order valence-electron chi connectivity index (χ0n) is 15.8. The number of hydrogen-bond donors (Lipinski definition) is 1. The number of amides is 1. The second kappa shape index (κ2) is 8.31. The Balaban J connectivity index is 1.65. The number of carbonyl (C=O) groups is 1. The fourth-order valence-electron chi connectivity index (χ4n) is 3.67. The summed E-state index contributed by atoms with van der Waals surface area (Å²) in [6.45, 7) is 6.26. The molecule has 0 aliphatic carbocycles. The highest BCUT2D eigenvalue weighted by molar-refractivity contribution is 5.94. The van der Waals surface area contributed by atoms with E-state index in [9.17, 15) is 14.9 Å². The van der Waals surface area contributed by atoms with E-state index in [1.165, 1.54) is 17.2 Å². The van der Waals surface area contributed by atoms with Crippen molar-refractivity contribution in [2.24, 2.45) is 5.92 Å². The summed E-state index contributed by atoms with van der Waals surface area (Å²) in [5.74, 6) is -0.172. The number of carbonyl (C=O) groups excluding carboxylic acids is 1. The van der Waals surface area contributed by atoms with Crippen LogP contribution in [0.15, 0.2) is 42.5 Å². The lowest BCUT2D eigenvalue weighted by Crippen LogP contribution is -2.40. The number of rotatable bonds is 5. The molecule has 2 aromatic rings. The molecule has 6 heteroatoms. The number of nitro benzene ring substituents is 1. The minimum absolute atomic E-state index is 0.0255. The first-order valence-electron chi connectivity index (χ1n) is 9.27. The number of anilines is 1. The van der Waals surface area contributed by atoms with E-state index < -0.39 is 4.92 Å². The standard InChI is InChI=1S/C21H25N3O3/c1-15-6-3-7-17(12-15)13-23-11-5-8-18(14-23)21(25)22-19-9-4-10-20(16(19)2)24(26)27/h3-4,6-7,9-10,12,18H,5,8,11,13-14H2,1-2H3,(H,22,25). The number of nitrogens with one attached hydrogen (secondary N) is 1. The molecular formula is C21H25N3O3. The highest BCUT2D eigenvalue weighted by Gasteiger charge is 2.26. The molecule has 1 aliphatic heterocycles. The molecular weight excluding hydrogens is 342 g/mol. The van der Waals surface area contributed by atoms with Gasteiger partial charge in [0.15, 0.2) is 0 Å². The fraction of sp³-hybridized carbons (Fsp3) is 0.381. The van der Waals surface area contributed by atoms with Crippen LogP contribution in [-0.2, 0) is 11.3 Å². The molecule has 1 amide bonds. The molecule has 1 N–H and O–H groups in total. The van der Waals surface area contributed by atoms with Gasteiger partial charge in [0.1, 0.15) is 0 Å². The molecule has 1 heterocycles. The first-order chi connectivity index (χ1) is 12.9. The normalized spacial score (nSPS) is 17.5. The SMILES string of the molecule is Cc1cccc(CN2CCCC(C(=O)Nc3cccc([N+](=O)[O-])c3C)C2)c1. The van der Waals surface area contributed by atoms with Gasteiger partial charge in [-0.25, -0.2) is 0 Å². The van der Waals surface area contributed by atoms with Gasteiger partial charge in [-0.3, -0.25) is 19.8 Å². The summed E-state index contributed by atoms with van der Waals surface area (Å²) in [4.78, 5) is 25.7. The van der Waals surface area contributed by atoms with Crippen molar-refractivity contribution in [2.75, 3.05) is 18.4 Å². The van der Waals surface area contributed by atoms with Crippen LogP contribution in [0.4, 0.5) is 11.4 Å². The molecule has 0 radical (unpaired) electrons. The molecule has 142 valence electrons. The van der Waals surface area contributed by atoms with Gasteiger partial charge in [-0.1, -0.05) is 35.9 Å². The summed E-state index contributed by atoms with van der Waals surface area (Å²) in [5, 5.41) is 14.0. The number of aryl methyl sites for hydroxylation is 1. The largest absolute Gasteiger partial charge is 0.325 e. The van der Waals surface area contributed by atoms with Gasteiger partial charge >= 0.3 is 0 Å². The first-order valence-corrected chi connectivity index (χ1v) is 9.27. The first kappa shape index (κ1) is 19.0. The van der Waals surface area contributed by atoms with E-state index in [0.717, 1.165) is 25.9 Å². The van der Waals surface area contributed by atoms with Crippen molar-refractivity contribution in [1.29, 1.82) is 0 Å². The zero-order valence-corrected chi connectivity index (χ0v) is 15.8. The van der Waals surface area contributed by atoms with Crippen molar-refractivity contribution in [3.8, 4) is 0 Å². The smallest absolute Gasteiger partial charge is 0.274 e. The fourth-order valence-corrected chi connectivity index (χ4v) is 3.67. The Labute approximate surface area is 159 Å². The maximum atomic E-state index is 12.7. The zero-order chi connectivity index (χ0) is 19.4. The van der Waals surface area contributed by atoms with Crippen LogP contribution in [0.2, 0.25) is 0 Å². The van der Waals surface area contributed by atoms with Crippen LogP contribution < -0.4 is 5.32 Å². The Morgan fingerprint density at radius 2 is 2.04 bits per heavy atom. The summed E-state index contributed by atoms with van der Waals surface area (Å²) in [6.07, 6.45) is 1.81. The van der Waals surface area contributed by atoms with Crippen molar-refractivity contribution in [1.82, 2.24) is 4.90 Å². The molecule has 1 aliphatic rings. The van der Waals surface area contributed by atoms with E-state index in [0.29, 0.717) is 17.8 Å². The van der Waals surface area contributed by atoms with E-state index in [1.807, 2.05) is 0 Å². The van der Waals surface area contributed by atoms with Gasteiger partial charge in [-0.05, 0) is 44.9 Å². The molecule has 0 aromatic heterocycles. The van der Waals surface area contributed by atoms with E-state index in [4.69, 9.17) is 0 Å². The summed E-state index contributed by atoms with van der Waals surface area (Å²) in [5.41, 5.74) is 3.52. The highest BCUT2D eigenvalue weighted by atomic mass is 16.6. The second-order valence-corrected chi connectivity index (χ2v) is 7.26. The molecule has 1 atom stereocenters. The summed E-state index contributed by atoms with van der Waals surface area (Å²) in [6, 6.07) is 13.2. The van der Waals surface area contributed by atoms with Crippen molar-refractivity contribution in [2.45, 2.75) is 33.2 Å². The molecule has 0 saturated carbocycles. The molecule has 0 bridgehead atoms. The van der Waals surface area contributed by atoms with Crippen LogP contribution in [0.3, 0.4) is 0 Å². The van der Waals surface area contributed by atoms with Crippen LogP contribution in [0.5, 0.6) is 0 Å². The predicted octanol–water partition coefficient (Wildman–Crippen LogP) is 4.06. The van der Waals surface area contributed by atoms with E-state index in [1.54, 1.807) is 19.1 Å². The summed E-state index contributed by atoms with van der Waals surface area (Å²) in [7, 11) is 0. The number of piperidine rings is 1. The third-order valence-electron chi connectivity index (χ3n) is 5.12. The summed E-state index contributed by atoms with van der Waals surface area (Å²) >= 11 is 0. The van der Waals surface area contributed by atoms with Gasteiger partial charge in [-0.15, -0.1) is 0 Å². The predicted molar refractivity (Wildman–Crippen MR) is 106 cm³/mol. The Kier molecular flexibility index (Phi) is 5.86. The van der Waals surface area contributed by atoms with Gasteiger partial charge < -0.3 is 5.32 Å². The van der Waals surface area contributed by atoms with Crippen molar-refractivity contribution >= 4 is 17.3 Å². The van der Waals surface area contributed by atoms with E-state index >= 15 is 0 Å². The van der Waals surface area contributed by atoms with Gasteiger partial charge in [-0.2, -0.15) is 0 Å². The van der Waals surface area contributed by atoms with Crippen LogP contribution in [0.25, 0.3) is 0 Å². The Hall–Kier alpha value is -2.73. The molecule has 6 nitrogen and oxygen atoms in total. The number of hydrogen-bond acceptors (Lipinski definition) is 4. The molecule has 2 aromatic carbocycles. The highest BCUT2D eigenvalue weighted by Crippen LogP contribution is 2.27. The lowest BCUT2D eigenvalue weighted by atomic mass is 9.96. The van der Waals surface area contributed by atoms with Crippen LogP contribution in [-0.4, -0.2) is 28.8 Å². The quantitative estimate of drug-likeness (QED) is 0.639. The van der Waals surface area contributed by atoms with Gasteiger partial charge in [0.2, 0.25) is 5.91 Å². The molecule has 1 unspecified atom stereocenters. The number of nitrogens with zero attached hydrogens (tertiary/aromatic N) is 2. The third-order valence-corrected chi connectivity index (χ3v) is 5.12. The van der Waals surface area contributed by atoms with Crippen molar-refractivity contribution in [3.05, 3.63) is 69.3 Å². The topological polar surface area (TPSA) is 75.5 Å².